The molecule has 25 heavy (non-hydrogen) atoms. The summed E-state index contributed by atoms with van der Waals surface area (Å²) < 4.78 is 5.72. The summed E-state index contributed by atoms with van der Waals surface area (Å²) in [6.07, 6.45) is 3.87. The van der Waals surface area contributed by atoms with Crippen molar-refractivity contribution in [1.29, 1.82) is 0 Å². The van der Waals surface area contributed by atoms with E-state index in [1.165, 1.54) is 22.3 Å². The number of nitrogens with zero attached hydrogens (tertiary/aromatic N) is 1. The van der Waals surface area contributed by atoms with Crippen molar-refractivity contribution in [2.75, 3.05) is 19.7 Å². The van der Waals surface area contributed by atoms with Crippen LogP contribution >= 0.6 is 0 Å². The zero-order valence-corrected chi connectivity index (χ0v) is 14.4. The fraction of sp³-hybridized carbons (Fsp3) is 0.318. The fourth-order valence-corrected chi connectivity index (χ4v) is 4.05. The molecule has 3 nitrogen and oxygen atoms in total. The molecule has 3 heteroatoms. The van der Waals surface area contributed by atoms with Crippen molar-refractivity contribution in [3.63, 3.8) is 0 Å². The van der Waals surface area contributed by atoms with Crippen molar-refractivity contribution in [3.05, 3.63) is 72.3 Å². The molecule has 2 aromatic rings. The number of hydrogen-bond donors (Lipinski definition) is 0. The molecule has 1 heterocycles. The van der Waals surface area contributed by atoms with Crippen LogP contribution in [0.3, 0.4) is 0 Å². The van der Waals surface area contributed by atoms with E-state index in [9.17, 15) is 4.79 Å². The highest BCUT2D eigenvalue weighted by molar-refractivity contribution is 5.79. The molecular weight excluding hydrogens is 310 g/mol. The topological polar surface area (TPSA) is 29.5 Å². The molecule has 1 fully saturated rings. The molecule has 1 amide bonds. The first-order chi connectivity index (χ1) is 12.3. The van der Waals surface area contributed by atoms with Crippen LogP contribution in [0.4, 0.5) is 4.79 Å². The lowest BCUT2D eigenvalue weighted by Gasteiger charge is -2.30. The van der Waals surface area contributed by atoms with Crippen molar-refractivity contribution in [3.8, 4) is 11.1 Å². The molecule has 128 valence electrons. The first kappa shape index (κ1) is 15.9. The molecule has 1 aliphatic carbocycles. The Kier molecular flexibility index (Phi) is 4.31. The molecular formula is C22H23NO2. The van der Waals surface area contributed by atoms with E-state index < -0.39 is 0 Å². The Balaban J connectivity index is 1.49. The summed E-state index contributed by atoms with van der Waals surface area (Å²) >= 11 is 0. The van der Waals surface area contributed by atoms with Gasteiger partial charge in [0.15, 0.2) is 0 Å². The summed E-state index contributed by atoms with van der Waals surface area (Å²) in [5.41, 5.74) is 5.01. The van der Waals surface area contributed by atoms with Gasteiger partial charge in [-0.1, -0.05) is 54.6 Å². The second kappa shape index (κ2) is 6.75. The van der Waals surface area contributed by atoms with E-state index in [-0.39, 0.29) is 12.0 Å². The maximum absolute atomic E-state index is 12.5. The number of piperidine rings is 1. The van der Waals surface area contributed by atoms with Gasteiger partial charge in [0.25, 0.3) is 0 Å². The SMILES string of the molecule is C=CC1CCCN(C(=O)OCC2c3ccccc3-c3ccccc32)C1. The number of rotatable bonds is 3. The summed E-state index contributed by atoms with van der Waals surface area (Å²) in [5, 5.41) is 0. The number of fused-ring (bicyclic) bond motifs is 3. The fourth-order valence-electron chi connectivity index (χ4n) is 4.05. The molecule has 1 saturated heterocycles. The van der Waals surface area contributed by atoms with Gasteiger partial charge in [-0.05, 0) is 41.0 Å². The van der Waals surface area contributed by atoms with Crippen LogP contribution in [0.25, 0.3) is 11.1 Å². The van der Waals surface area contributed by atoms with Crippen LogP contribution in [-0.4, -0.2) is 30.7 Å². The maximum Gasteiger partial charge on any atom is 0.409 e. The summed E-state index contributed by atoms with van der Waals surface area (Å²) in [4.78, 5) is 14.3. The Morgan fingerprint density at radius 2 is 1.76 bits per heavy atom. The third-order valence-electron chi connectivity index (χ3n) is 5.39. The van der Waals surface area contributed by atoms with Crippen LogP contribution in [0.2, 0.25) is 0 Å². The number of amides is 1. The van der Waals surface area contributed by atoms with Gasteiger partial charge in [-0.15, -0.1) is 6.58 Å². The minimum Gasteiger partial charge on any atom is -0.448 e. The lowest BCUT2D eigenvalue weighted by atomic mass is 9.98. The highest BCUT2D eigenvalue weighted by atomic mass is 16.6. The number of hydrogen-bond acceptors (Lipinski definition) is 2. The Bertz CT molecular complexity index is 753. The van der Waals surface area contributed by atoms with Gasteiger partial charge in [0.1, 0.15) is 6.61 Å². The van der Waals surface area contributed by atoms with E-state index >= 15 is 0 Å². The zero-order chi connectivity index (χ0) is 17.2. The molecule has 0 aromatic heterocycles. The lowest BCUT2D eigenvalue weighted by molar-refractivity contribution is 0.0869. The largest absolute Gasteiger partial charge is 0.448 e. The molecule has 1 aliphatic heterocycles. The maximum atomic E-state index is 12.5. The van der Waals surface area contributed by atoms with Crippen LogP contribution in [0.1, 0.15) is 29.9 Å². The van der Waals surface area contributed by atoms with Gasteiger partial charge in [0.05, 0.1) is 0 Å². The Morgan fingerprint density at radius 3 is 2.40 bits per heavy atom. The first-order valence-electron chi connectivity index (χ1n) is 9.00. The van der Waals surface area contributed by atoms with Gasteiger partial charge in [-0.2, -0.15) is 0 Å². The third-order valence-corrected chi connectivity index (χ3v) is 5.39. The third kappa shape index (κ3) is 2.95. The monoisotopic (exact) mass is 333 g/mol. The van der Waals surface area contributed by atoms with Crippen molar-refractivity contribution in [2.24, 2.45) is 5.92 Å². The second-order valence-corrected chi connectivity index (χ2v) is 6.89. The van der Waals surface area contributed by atoms with Crippen LogP contribution in [0.15, 0.2) is 61.2 Å². The average molecular weight is 333 g/mol. The van der Waals surface area contributed by atoms with Crippen molar-refractivity contribution < 1.29 is 9.53 Å². The van der Waals surface area contributed by atoms with Gasteiger partial charge in [-0.25, -0.2) is 4.79 Å². The normalized spacial score (nSPS) is 19.2. The molecule has 4 rings (SSSR count). The molecule has 0 radical (unpaired) electrons. The van der Waals surface area contributed by atoms with E-state index in [2.05, 4.69) is 55.1 Å². The summed E-state index contributed by atoms with van der Waals surface area (Å²) in [7, 11) is 0. The number of benzene rings is 2. The van der Waals surface area contributed by atoms with E-state index in [4.69, 9.17) is 4.74 Å². The number of carbonyl (C=O) groups excluding carboxylic acids is 1. The van der Waals surface area contributed by atoms with E-state index in [1.807, 2.05) is 11.0 Å². The van der Waals surface area contributed by atoms with Crippen molar-refractivity contribution in [1.82, 2.24) is 4.90 Å². The van der Waals surface area contributed by atoms with Crippen LogP contribution < -0.4 is 0 Å². The average Bonchev–Trinajstić information content (AvgIpc) is 3.00. The van der Waals surface area contributed by atoms with Crippen molar-refractivity contribution in [2.45, 2.75) is 18.8 Å². The predicted molar refractivity (Wildman–Crippen MR) is 99.6 cm³/mol. The molecule has 0 spiro atoms. The Morgan fingerprint density at radius 1 is 1.12 bits per heavy atom. The molecule has 0 bridgehead atoms. The van der Waals surface area contributed by atoms with Gasteiger partial charge in [-0.3, -0.25) is 0 Å². The van der Waals surface area contributed by atoms with Gasteiger partial charge >= 0.3 is 6.09 Å². The summed E-state index contributed by atoms with van der Waals surface area (Å²) in [6.45, 7) is 5.75. The summed E-state index contributed by atoms with van der Waals surface area (Å²) in [5.74, 6) is 0.505. The molecule has 0 saturated carbocycles. The van der Waals surface area contributed by atoms with Crippen molar-refractivity contribution >= 4 is 6.09 Å². The van der Waals surface area contributed by atoms with Gasteiger partial charge < -0.3 is 9.64 Å². The predicted octanol–water partition coefficient (Wildman–Crippen LogP) is 4.83. The van der Waals surface area contributed by atoms with Crippen LogP contribution in [-0.2, 0) is 4.74 Å². The van der Waals surface area contributed by atoms with E-state index in [1.54, 1.807) is 0 Å². The minimum atomic E-state index is -0.201. The highest BCUT2D eigenvalue weighted by Crippen LogP contribution is 2.44. The lowest BCUT2D eigenvalue weighted by Crippen LogP contribution is -2.40. The second-order valence-electron chi connectivity index (χ2n) is 6.89. The summed E-state index contributed by atoms with van der Waals surface area (Å²) in [6, 6.07) is 16.8. The number of ether oxygens (including phenoxy) is 1. The smallest absolute Gasteiger partial charge is 0.409 e. The Hall–Kier alpha value is -2.55. The quantitative estimate of drug-likeness (QED) is 0.753. The Labute approximate surface area is 148 Å². The highest BCUT2D eigenvalue weighted by Gasteiger charge is 2.30. The first-order valence-corrected chi connectivity index (χ1v) is 9.00. The molecule has 1 unspecified atom stereocenters. The van der Waals surface area contributed by atoms with Gasteiger partial charge in [0.2, 0.25) is 0 Å². The number of carbonyl (C=O) groups is 1. The van der Waals surface area contributed by atoms with E-state index in [0.717, 1.165) is 25.9 Å². The standard InChI is InChI=1S/C22H23NO2/c1-2-16-8-7-13-23(14-16)22(24)25-15-21-19-11-5-3-9-17(19)18-10-4-6-12-20(18)21/h2-6,9-12,16,21H,1,7-8,13-15H2. The molecule has 2 aliphatic rings. The van der Waals surface area contributed by atoms with Gasteiger partial charge in [0, 0.05) is 19.0 Å². The zero-order valence-electron chi connectivity index (χ0n) is 14.4. The van der Waals surface area contributed by atoms with Crippen LogP contribution in [0, 0.1) is 5.92 Å². The van der Waals surface area contributed by atoms with Crippen LogP contribution in [0.5, 0.6) is 0 Å². The number of likely N-dealkylation sites (tertiary alicyclic amines) is 1. The molecule has 0 N–H and O–H groups in total. The molecule has 2 aromatic carbocycles. The minimum absolute atomic E-state index is 0.122. The molecule has 1 atom stereocenters. The van der Waals surface area contributed by atoms with E-state index in [0.29, 0.717) is 12.5 Å².